The van der Waals surface area contributed by atoms with Crippen molar-refractivity contribution in [2.24, 2.45) is 0 Å². The number of alkyl halides is 2. The van der Waals surface area contributed by atoms with Gasteiger partial charge in [-0.3, -0.25) is 0 Å². The number of hydrogen-bond donors (Lipinski definition) is 1. The molecule has 13 heteroatoms. The van der Waals surface area contributed by atoms with Crippen molar-refractivity contribution in [1.29, 1.82) is 0 Å². The number of nitrogens with zero attached hydrogens (tertiary/aromatic N) is 3. The van der Waals surface area contributed by atoms with Crippen LogP contribution in [0.15, 0.2) is 30.6 Å². The molecule has 0 spiro atoms. The minimum atomic E-state index is -2.94. The molecule has 1 aromatic heterocycles. The number of anilines is 2. The van der Waals surface area contributed by atoms with E-state index in [0.717, 1.165) is 12.1 Å². The van der Waals surface area contributed by atoms with Crippen LogP contribution in [0.5, 0.6) is 11.5 Å². The average molecular weight is 501 g/mol. The van der Waals surface area contributed by atoms with E-state index in [4.69, 9.17) is 21.1 Å². The van der Waals surface area contributed by atoms with Crippen molar-refractivity contribution >= 4 is 40.1 Å². The molecule has 0 aliphatic carbocycles. The first-order valence-electron chi connectivity index (χ1n) is 9.90. The molecule has 0 saturated carbocycles. The summed E-state index contributed by atoms with van der Waals surface area (Å²) in [6.45, 7) is -2.82. The van der Waals surface area contributed by atoms with E-state index < -0.39 is 35.5 Å². The summed E-state index contributed by atoms with van der Waals surface area (Å²) in [4.78, 5) is 22.0. The fourth-order valence-corrected chi connectivity index (χ4v) is 3.63. The Morgan fingerprint density at radius 2 is 2.03 bits per heavy atom. The standard InChI is InChI=1S/C21H17ClF4N4O4/c1-32-15-7-14-11(6-16(15)34-21(31)30-5-4-10(8-30)33-20(25)26)19(28-9-27-14)29-13-3-2-12(23)17(22)18(13)24/h2-3,6-7,9-10,20H,4-5,8H2,1H3,(H,27,28,29)/t10-/m1/s1. The minimum Gasteiger partial charge on any atom is -0.493 e. The third-order valence-corrected chi connectivity index (χ3v) is 5.45. The van der Waals surface area contributed by atoms with Gasteiger partial charge in [0.15, 0.2) is 17.3 Å². The first kappa shape index (κ1) is 23.8. The number of benzene rings is 2. The monoisotopic (exact) mass is 500 g/mol. The fraction of sp³-hybridized carbons (Fsp3) is 0.286. The van der Waals surface area contributed by atoms with Crippen molar-refractivity contribution in [1.82, 2.24) is 14.9 Å². The number of fused-ring (bicyclic) bond motifs is 1. The molecular weight excluding hydrogens is 484 g/mol. The third kappa shape index (κ3) is 4.92. The molecule has 4 rings (SSSR count). The van der Waals surface area contributed by atoms with E-state index >= 15 is 0 Å². The van der Waals surface area contributed by atoms with Gasteiger partial charge in [-0.2, -0.15) is 8.78 Å². The molecule has 1 saturated heterocycles. The zero-order valence-electron chi connectivity index (χ0n) is 17.5. The lowest BCUT2D eigenvalue weighted by molar-refractivity contribution is -0.158. The summed E-state index contributed by atoms with van der Waals surface area (Å²) in [6, 6.07) is 5.03. The van der Waals surface area contributed by atoms with E-state index in [2.05, 4.69) is 20.0 Å². The number of amides is 1. The van der Waals surface area contributed by atoms with Crippen LogP contribution < -0.4 is 14.8 Å². The SMILES string of the molecule is COc1cc2ncnc(Nc3ccc(F)c(Cl)c3F)c2cc1OC(=O)N1CC[C@@H](OC(F)F)C1. The number of hydrogen-bond acceptors (Lipinski definition) is 7. The first-order valence-corrected chi connectivity index (χ1v) is 10.3. The van der Waals surface area contributed by atoms with Gasteiger partial charge in [0.25, 0.3) is 0 Å². The molecule has 2 heterocycles. The van der Waals surface area contributed by atoms with Crippen LogP contribution in [-0.2, 0) is 4.74 Å². The van der Waals surface area contributed by atoms with E-state index in [1.807, 2.05) is 0 Å². The minimum absolute atomic E-state index is 0.00584. The van der Waals surface area contributed by atoms with Gasteiger partial charge in [-0.25, -0.2) is 23.5 Å². The van der Waals surface area contributed by atoms with Crippen molar-refractivity contribution in [2.45, 2.75) is 19.1 Å². The van der Waals surface area contributed by atoms with Gasteiger partial charge in [0.2, 0.25) is 0 Å². The summed E-state index contributed by atoms with van der Waals surface area (Å²) >= 11 is 5.64. The summed E-state index contributed by atoms with van der Waals surface area (Å²) in [7, 11) is 1.36. The molecule has 1 atom stereocenters. The number of carbonyl (C=O) groups is 1. The molecule has 34 heavy (non-hydrogen) atoms. The maximum atomic E-state index is 14.4. The zero-order chi connectivity index (χ0) is 24.4. The Morgan fingerprint density at radius 3 is 2.76 bits per heavy atom. The van der Waals surface area contributed by atoms with Crippen molar-refractivity contribution in [3.63, 3.8) is 0 Å². The highest BCUT2D eigenvalue weighted by Gasteiger charge is 2.30. The largest absolute Gasteiger partial charge is 0.493 e. The van der Waals surface area contributed by atoms with Crippen LogP contribution in [0.4, 0.5) is 33.9 Å². The second kappa shape index (κ2) is 9.85. The van der Waals surface area contributed by atoms with E-state index in [-0.39, 0.29) is 42.5 Å². The first-order chi connectivity index (χ1) is 16.3. The molecular formula is C21H17ClF4N4O4. The summed E-state index contributed by atoms with van der Waals surface area (Å²) in [5, 5.41) is 2.37. The van der Waals surface area contributed by atoms with Crippen LogP contribution in [0.2, 0.25) is 5.02 Å². The number of halogens is 5. The molecule has 3 aromatic rings. The van der Waals surface area contributed by atoms with Crippen LogP contribution in [-0.4, -0.2) is 53.9 Å². The third-order valence-electron chi connectivity index (χ3n) is 5.10. The average Bonchev–Trinajstić information content (AvgIpc) is 3.27. The molecule has 0 bridgehead atoms. The Morgan fingerprint density at radius 1 is 1.24 bits per heavy atom. The molecule has 180 valence electrons. The van der Waals surface area contributed by atoms with Crippen molar-refractivity contribution in [3.05, 3.63) is 47.2 Å². The van der Waals surface area contributed by atoms with Crippen LogP contribution in [0.1, 0.15) is 6.42 Å². The van der Waals surface area contributed by atoms with Crippen molar-refractivity contribution in [2.75, 3.05) is 25.5 Å². The number of nitrogens with one attached hydrogen (secondary N) is 1. The van der Waals surface area contributed by atoms with Gasteiger partial charge in [0.1, 0.15) is 23.0 Å². The van der Waals surface area contributed by atoms with E-state index in [1.165, 1.54) is 30.5 Å². The summed E-state index contributed by atoms with van der Waals surface area (Å²) in [5.74, 6) is -1.64. The fourth-order valence-electron chi connectivity index (χ4n) is 3.46. The van der Waals surface area contributed by atoms with Crippen LogP contribution >= 0.6 is 11.6 Å². The lowest BCUT2D eigenvalue weighted by Crippen LogP contribution is -2.33. The summed E-state index contributed by atoms with van der Waals surface area (Å²) in [5.41, 5.74) is 0.234. The van der Waals surface area contributed by atoms with Gasteiger partial charge >= 0.3 is 12.7 Å². The predicted octanol–water partition coefficient (Wildman–Crippen LogP) is 5.13. The summed E-state index contributed by atoms with van der Waals surface area (Å²) in [6.07, 6.45) is -0.137. The molecule has 1 fully saturated rings. The van der Waals surface area contributed by atoms with E-state index in [0.29, 0.717) is 10.9 Å². The van der Waals surface area contributed by atoms with Gasteiger partial charge in [-0.1, -0.05) is 11.6 Å². The lowest BCUT2D eigenvalue weighted by Gasteiger charge is -2.18. The second-order valence-corrected chi connectivity index (χ2v) is 7.59. The van der Waals surface area contributed by atoms with Gasteiger partial charge in [0.05, 0.1) is 31.0 Å². The van der Waals surface area contributed by atoms with Gasteiger partial charge in [-0.15, -0.1) is 0 Å². The van der Waals surface area contributed by atoms with Crippen LogP contribution in [0.25, 0.3) is 10.9 Å². The summed E-state index contributed by atoms with van der Waals surface area (Å²) < 4.78 is 67.9. The topological polar surface area (TPSA) is 85.8 Å². The van der Waals surface area contributed by atoms with Crippen LogP contribution in [0, 0.1) is 11.6 Å². The maximum Gasteiger partial charge on any atom is 0.415 e. The molecule has 1 aliphatic heterocycles. The van der Waals surface area contributed by atoms with Crippen molar-refractivity contribution < 1.29 is 36.6 Å². The molecule has 8 nitrogen and oxygen atoms in total. The highest BCUT2D eigenvalue weighted by molar-refractivity contribution is 6.31. The Hall–Kier alpha value is -3.38. The van der Waals surface area contributed by atoms with Gasteiger partial charge in [0, 0.05) is 18.0 Å². The zero-order valence-corrected chi connectivity index (χ0v) is 18.3. The Balaban J connectivity index is 1.62. The molecule has 0 radical (unpaired) electrons. The normalized spacial score (nSPS) is 15.7. The number of methoxy groups -OCH3 is 1. The van der Waals surface area contributed by atoms with Crippen LogP contribution in [0.3, 0.4) is 0 Å². The lowest BCUT2D eigenvalue weighted by atomic mass is 10.2. The number of likely N-dealkylation sites (tertiary alicyclic amines) is 1. The Labute approximate surface area is 195 Å². The van der Waals surface area contributed by atoms with E-state index in [9.17, 15) is 22.4 Å². The molecule has 2 aromatic carbocycles. The smallest absolute Gasteiger partial charge is 0.415 e. The highest BCUT2D eigenvalue weighted by Crippen LogP contribution is 2.36. The number of ether oxygens (including phenoxy) is 3. The second-order valence-electron chi connectivity index (χ2n) is 7.21. The number of carbonyl (C=O) groups excluding carboxylic acids is 1. The maximum absolute atomic E-state index is 14.4. The highest BCUT2D eigenvalue weighted by atomic mass is 35.5. The molecule has 1 N–H and O–H groups in total. The van der Waals surface area contributed by atoms with Gasteiger partial charge in [-0.05, 0) is 24.6 Å². The Kier molecular flexibility index (Phi) is 6.89. The number of rotatable bonds is 6. The van der Waals surface area contributed by atoms with Gasteiger partial charge < -0.3 is 24.4 Å². The van der Waals surface area contributed by atoms with Crippen molar-refractivity contribution in [3.8, 4) is 11.5 Å². The van der Waals surface area contributed by atoms with E-state index in [1.54, 1.807) is 0 Å². The number of aromatic nitrogens is 2. The molecule has 1 aliphatic rings. The quantitative estimate of drug-likeness (QED) is 0.371. The molecule has 1 amide bonds. The molecule has 0 unspecified atom stereocenters. The Bertz CT molecular complexity index is 1230. The predicted molar refractivity (Wildman–Crippen MR) is 114 cm³/mol.